The normalized spacial score (nSPS) is 10.6. The average Bonchev–Trinajstić information content (AvgIpc) is 2.43. The third kappa shape index (κ3) is 3.34. The minimum Gasteiger partial charge on any atom is -0.294 e. The van der Waals surface area contributed by atoms with Gasteiger partial charge in [-0.1, -0.05) is 24.3 Å². The van der Waals surface area contributed by atoms with Crippen molar-refractivity contribution in [3.05, 3.63) is 68.9 Å². The van der Waals surface area contributed by atoms with E-state index in [1.807, 2.05) is 12.1 Å². The van der Waals surface area contributed by atoms with E-state index in [1.54, 1.807) is 12.1 Å². The van der Waals surface area contributed by atoms with Gasteiger partial charge < -0.3 is 0 Å². The topological polar surface area (TPSA) is 17.1 Å². The fourth-order valence-electron chi connectivity index (χ4n) is 2.14. The second kappa shape index (κ2) is 6.31. The highest BCUT2D eigenvalue weighted by atomic mass is 79.9. The van der Waals surface area contributed by atoms with Gasteiger partial charge in [-0.3, -0.25) is 4.79 Å². The van der Waals surface area contributed by atoms with E-state index in [-0.39, 0.29) is 5.78 Å². The minimum atomic E-state index is -0.400. The van der Waals surface area contributed by atoms with Crippen LogP contribution in [0.4, 0.5) is 4.39 Å². The Hall–Kier alpha value is -1.48. The summed E-state index contributed by atoms with van der Waals surface area (Å²) in [6.07, 6.45) is 1.08. The molecule has 2 aromatic carbocycles. The van der Waals surface area contributed by atoms with Gasteiger partial charge in [0, 0.05) is 12.0 Å². The Morgan fingerprint density at radius 2 is 1.95 bits per heavy atom. The molecule has 0 saturated carbocycles. The van der Waals surface area contributed by atoms with Gasteiger partial charge in [-0.2, -0.15) is 0 Å². The Morgan fingerprint density at radius 3 is 2.65 bits per heavy atom. The molecule has 0 spiro atoms. The third-order valence-corrected chi connectivity index (χ3v) is 4.22. The lowest BCUT2D eigenvalue weighted by Crippen LogP contribution is -2.03. The van der Waals surface area contributed by atoms with Crippen molar-refractivity contribution in [1.29, 1.82) is 0 Å². The number of rotatable bonds is 4. The van der Waals surface area contributed by atoms with Gasteiger partial charge in [-0.05, 0) is 65.0 Å². The molecule has 3 heteroatoms. The number of Topliss-reactive ketones (excluding diaryl/α,β-unsaturated/α-hetero) is 1. The number of benzene rings is 2. The van der Waals surface area contributed by atoms with Crippen LogP contribution in [0.25, 0.3) is 0 Å². The molecular weight excluding hydrogens is 319 g/mol. The van der Waals surface area contributed by atoms with Crippen molar-refractivity contribution in [2.75, 3.05) is 0 Å². The van der Waals surface area contributed by atoms with Crippen LogP contribution in [0, 0.1) is 19.7 Å². The number of aryl methyl sites for hydroxylation is 2. The van der Waals surface area contributed by atoms with Crippen LogP contribution in [0.3, 0.4) is 0 Å². The van der Waals surface area contributed by atoms with E-state index in [0.29, 0.717) is 22.9 Å². The molecule has 0 N–H and O–H groups in total. The van der Waals surface area contributed by atoms with Crippen LogP contribution in [0.15, 0.2) is 40.9 Å². The molecule has 0 saturated heterocycles. The molecule has 0 atom stereocenters. The lowest BCUT2D eigenvalue weighted by atomic mass is 9.97. The van der Waals surface area contributed by atoms with E-state index >= 15 is 0 Å². The van der Waals surface area contributed by atoms with Crippen molar-refractivity contribution in [3.63, 3.8) is 0 Å². The van der Waals surface area contributed by atoms with Crippen molar-refractivity contribution in [2.24, 2.45) is 0 Å². The molecule has 0 unspecified atom stereocenters. The number of ketones is 1. The summed E-state index contributed by atoms with van der Waals surface area (Å²) in [6.45, 7) is 4.12. The van der Waals surface area contributed by atoms with Crippen LogP contribution in [0.1, 0.15) is 33.5 Å². The SMILES string of the molecule is Cc1cccc(CCC(=O)c2ccc(Br)c(F)c2)c1C. The number of hydrogen-bond donors (Lipinski definition) is 0. The van der Waals surface area contributed by atoms with Crippen LogP contribution >= 0.6 is 15.9 Å². The van der Waals surface area contributed by atoms with Crippen molar-refractivity contribution in [2.45, 2.75) is 26.7 Å². The summed E-state index contributed by atoms with van der Waals surface area (Å²) in [6, 6.07) is 10.6. The molecule has 0 radical (unpaired) electrons. The first kappa shape index (κ1) is 14.9. The predicted octanol–water partition coefficient (Wildman–Crippen LogP) is 5.02. The lowest BCUT2D eigenvalue weighted by molar-refractivity contribution is 0.0982. The zero-order chi connectivity index (χ0) is 14.7. The number of halogens is 2. The number of carbonyl (C=O) groups excluding carboxylic acids is 1. The Labute approximate surface area is 127 Å². The first-order chi connectivity index (χ1) is 9.49. The van der Waals surface area contributed by atoms with Gasteiger partial charge in [0.2, 0.25) is 0 Å². The van der Waals surface area contributed by atoms with Crippen LogP contribution in [-0.2, 0) is 6.42 Å². The first-order valence-electron chi connectivity index (χ1n) is 6.52. The Morgan fingerprint density at radius 1 is 1.20 bits per heavy atom. The van der Waals surface area contributed by atoms with Crippen LogP contribution in [0.2, 0.25) is 0 Å². The second-order valence-electron chi connectivity index (χ2n) is 4.91. The Bertz CT molecular complexity index is 649. The number of hydrogen-bond acceptors (Lipinski definition) is 1. The minimum absolute atomic E-state index is 0.0303. The van der Waals surface area contributed by atoms with Crippen LogP contribution in [-0.4, -0.2) is 5.78 Å². The van der Waals surface area contributed by atoms with E-state index in [1.165, 1.54) is 22.8 Å². The molecule has 0 aromatic heterocycles. The van der Waals surface area contributed by atoms with E-state index in [0.717, 1.165) is 0 Å². The van der Waals surface area contributed by atoms with Crippen molar-refractivity contribution in [1.82, 2.24) is 0 Å². The molecule has 2 aromatic rings. The summed E-state index contributed by atoms with van der Waals surface area (Å²) in [5, 5.41) is 0. The highest BCUT2D eigenvalue weighted by Crippen LogP contribution is 2.19. The molecule has 0 bridgehead atoms. The van der Waals surface area contributed by atoms with Gasteiger partial charge in [0.05, 0.1) is 4.47 Å². The molecule has 0 heterocycles. The second-order valence-corrected chi connectivity index (χ2v) is 5.77. The smallest absolute Gasteiger partial charge is 0.163 e. The maximum atomic E-state index is 13.4. The molecule has 0 fully saturated rings. The Kier molecular flexibility index (Phi) is 4.71. The van der Waals surface area contributed by atoms with Crippen LogP contribution in [0.5, 0.6) is 0 Å². The zero-order valence-corrected chi connectivity index (χ0v) is 13.1. The molecule has 104 valence electrons. The Balaban J connectivity index is 2.08. The molecule has 0 aliphatic carbocycles. The van der Waals surface area contributed by atoms with Gasteiger partial charge in [-0.25, -0.2) is 4.39 Å². The van der Waals surface area contributed by atoms with E-state index in [4.69, 9.17) is 0 Å². The van der Waals surface area contributed by atoms with E-state index < -0.39 is 5.82 Å². The van der Waals surface area contributed by atoms with Crippen molar-refractivity contribution in [3.8, 4) is 0 Å². The third-order valence-electron chi connectivity index (χ3n) is 3.58. The summed E-state index contributed by atoms with van der Waals surface area (Å²) in [5.41, 5.74) is 4.05. The number of carbonyl (C=O) groups is 1. The van der Waals surface area contributed by atoms with Gasteiger partial charge >= 0.3 is 0 Å². The monoisotopic (exact) mass is 334 g/mol. The lowest BCUT2D eigenvalue weighted by Gasteiger charge is -2.08. The summed E-state index contributed by atoms with van der Waals surface area (Å²) in [4.78, 5) is 12.1. The standard InChI is InChI=1S/C17H16BrFO/c1-11-4-3-5-13(12(11)2)7-9-17(20)14-6-8-15(18)16(19)10-14/h3-6,8,10H,7,9H2,1-2H3. The maximum Gasteiger partial charge on any atom is 0.163 e. The summed E-state index contributed by atoms with van der Waals surface area (Å²) in [5.74, 6) is -0.431. The maximum absolute atomic E-state index is 13.4. The largest absolute Gasteiger partial charge is 0.294 e. The fourth-order valence-corrected chi connectivity index (χ4v) is 2.39. The summed E-state index contributed by atoms with van der Waals surface area (Å²) < 4.78 is 13.8. The molecule has 20 heavy (non-hydrogen) atoms. The quantitative estimate of drug-likeness (QED) is 0.717. The molecule has 2 rings (SSSR count). The van der Waals surface area contributed by atoms with Gasteiger partial charge in [0.15, 0.2) is 5.78 Å². The average molecular weight is 335 g/mol. The summed E-state index contributed by atoms with van der Waals surface area (Å²) in [7, 11) is 0. The van der Waals surface area contributed by atoms with Gasteiger partial charge in [-0.15, -0.1) is 0 Å². The first-order valence-corrected chi connectivity index (χ1v) is 7.31. The van der Waals surface area contributed by atoms with Crippen molar-refractivity contribution < 1.29 is 9.18 Å². The summed E-state index contributed by atoms with van der Waals surface area (Å²) >= 11 is 3.09. The highest BCUT2D eigenvalue weighted by Gasteiger charge is 2.10. The van der Waals surface area contributed by atoms with Crippen molar-refractivity contribution >= 4 is 21.7 Å². The molecule has 0 aliphatic heterocycles. The molecule has 0 amide bonds. The van der Waals surface area contributed by atoms with Gasteiger partial charge in [0.1, 0.15) is 5.82 Å². The van der Waals surface area contributed by atoms with E-state index in [9.17, 15) is 9.18 Å². The predicted molar refractivity (Wildman–Crippen MR) is 82.7 cm³/mol. The molecule has 1 nitrogen and oxygen atoms in total. The molecular formula is C17H16BrFO. The zero-order valence-electron chi connectivity index (χ0n) is 11.5. The van der Waals surface area contributed by atoms with E-state index in [2.05, 4.69) is 35.8 Å². The fraction of sp³-hybridized carbons (Fsp3) is 0.235. The molecule has 0 aliphatic rings. The van der Waals surface area contributed by atoms with Gasteiger partial charge in [0.25, 0.3) is 0 Å². The van der Waals surface area contributed by atoms with Crippen LogP contribution < -0.4 is 0 Å². The highest BCUT2D eigenvalue weighted by molar-refractivity contribution is 9.10.